The molecule has 0 aliphatic carbocycles. The van der Waals surface area contributed by atoms with Crippen LogP contribution in [-0.2, 0) is 23.5 Å². The van der Waals surface area contributed by atoms with Crippen molar-refractivity contribution in [3.05, 3.63) is 137 Å². The summed E-state index contributed by atoms with van der Waals surface area (Å²) in [5.41, 5.74) is 4.34. The maximum Gasteiger partial charge on any atom is 0.149 e. The molecule has 4 aromatic carbocycles. The molecule has 0 amide bonds. The molecule has 0 atom stereocenters. The van der Waals surface area contributed by atoms with Crippen LogP contribution in [0.3, 0.4) is 0 Å². The molecule has 5 rings (SSSR count). The second-order valence-corrected chi connectivity index (χ2v) is 9.16. The fourth-order valence-corrected chi connectivity index (χ4v) is 5.38. The van der Waals surface area contributed by atoms with Crippen LogP contribution < -0.4 is 9.47 Å². The number of imidazole rings is 1. The summed E-state index contributed by atoms with van der Waals surface area (Å²) in [6.45, 7) is 0.131. The first-order valence-electron chi connectivity index (χ1n) is 12.8. The Hall–Kier alpha value is -4.39. The van der Waals surface area contributed by atoms with E-state index >= 15 is 0 Å². The summed E-state index contributed by atoms with van der Waals surface area (Å²) in [6, 6.07) is 34.9. The van der Waals surface area contributed by atoms with Crippen molar-refractivity contribution in [2.75, 3.05) is 21.3 Å². The fourth-order valence-electron chi connectivity index (χ4n) is 5.38. The van der Waals surface area contributed by atoms with Crippen molar-refractivity contribution in [3.63, 3.8) is 0 Å². The zero-order valence-electron chi connectivity index (χ0n) is 22.4. The van der Waals surface area contributed by atoms with E-state index in [1.807, 2.05) is 72.9 Å². The lowest BCUT2D eigenvalue weighted by Gasteiger charge is -2.38. The quantitative estimate of drug-likeness (QED) is 0.227. The number of aliphatic hydroxyl groups excluding tert-OH is 1. The average Bonchev–Trinajstić information content (AvgIpc) is 3.43. The minimum atomic E-state index is -0.840. The van der Waals surface area contributed by atoms with Crippen LogP contribution in [0.5, 0.6) is 11.5 Å². The fraction of sp³-hybridized carbons (Fsp3) is 0.182. The van der Waals surface area contributed by atoms with Crippen molar-refractivity contribution < 1.29 is 19.3 Å². The smallest absolute Gasteiger partial charge is 0.149 e. The van der Waals surface area contributed by atoms with Crippen molar-refractivity contribution in [1.82, 2.24) is 9.55 Å². The third-order valence-corrected chi connectivity index (χ3v) is 7.00. The van der Waals surface area contributed by atoms with Crippen molar-refractivity contribution in [1.29, 1.82) is 0 Å². The highest BCUT2D eigenvalue weighted by Gasteiger charge is 2.41. The Balaban J connectivity index is 1.97. The number of aromatic nitrogens is 2. The van der Waals surface area contributed by atoms with Crippen molar-refractivity contribution >= 4 is 0 Å². The first kappa shape index (κ1) is 26.2. The molecule has 1 heterocycles. The van der Waals surface area contributed by atoms with Gasteiger partial charge in [-0.15, -0.1) is 0 Å². The summed E-state index contributed by atoms with van der Waals surface area (Å²) >= 11 is 0. The topological polar surface area (TPSA) is 65.7 Å². The van der Waals surface area contributed by atoms with E-state index in [4.69, 9.17) is 19.2 Å². The monoisotopic (exact) mass is 520 g/mol. The average molecular weight is 521 g/mol. The van der Waals surface area contributed by atoms with Gasteiger partial charge in [-0.1, -0.05) is 91.0 Å². The largest absolute Gasteiger partial charge is 0.496 e. The van der Waals surface area contributed by atoms with Gasteiger partial charge in [-0.05, 0) is 28.8 Å². The first-order valence-corrected chi connectivity index (χ1v) is 12.8. The summed E-state index contributed by atoms with van der Waals surface area (Å²) in [5, 5.41) is 10.3. The molecule has 6 nitrogen and oxygen atoms in total. The van der Waals surface area contributed by atoms with Crippen molar-refractivity contribution in [2.24, 2.45) is 0 Å². The molecule has 0 bridgehead atoms. The van der Waals surface area contributed by atoms with E-state index in [1.54, 1.807) is 21.3 Å². The number of benzene rings is 4. The zero-order chi connectivity index (χ0) is 27.2. The molecule has 0 fully saturated rings. The number of hydrogen-bond donors (Lipinski definition) is 1. The normalized spacial score (nSPS) is 11.4. The van der Waals surface area contributed by atoms with Crippen LogP contribution in [0.25, 0.3) is 11.4 Å². The highest BCUT2D eigenvalue weighted by atomic mass is 16.5. The molecule has 1 N–H and O–H groups in total. The zero-order valence-corrected chi connectivity index (χ0v) is 22.4. The summed E-state index contributed by atoms with van der Waals surface area (Å²) in [4.78, 5) is 4.97. The van der Waals surface area contributed by atoms with Gasteiger partial charge in [-0.2, -0.15) is 0 Å². The SMILES string of the molecule is COCc1ccc(OC)c(-c2nc(CO)cn2C(c2ccccc2)(c2ccccc2)c2ccccc2)c1OC. The number of nitrogens with zero attached hydrogens (tertiary/aromatic N) is 2. The van der Waals surface area contributed by atoms with Gasteiger partial charge in [-0.3, -0.25) is 0 Å². The van der Waals surface area contributed by atoms with Gasteiger partial charge in [-0.25, -0.2) is 4.98 Å². The second kappa shape index (κ2) is 11.6. The molecule has 0 radical (unpaired) electrons. The standard InChI is InChI=1S/C33H32N2O4/c1-37-23-24-19-20-29(38-2)30(31(24)39-3)32-34-28(22-36)21-35(32)33(25-13-7-4-8-14-25,26-15-9-5-10-16-26)27-17-11-6-12-18-27/h4-21,36H,22-23H2,1-3H3. The Bertz CT molecular complexity index is 1420. The van der Waals surface area contributed by atoms with Crippen LogP contribution in [-0.4, -0.2) is 36.0 Å². The Morgan fingerprint density at radius 1 is 0.718 bits per heavy atom. The van der Waals surface area contributed by atoms with Crippen LogP contribution in [0.15, 0.2) is 109 Å². The van der Waals surface area contributed by atoms with Crippen molar-refractivity contribution in [3.8, 4) is 22.9 Å². The lowest BCUT2D eigenvalue weighted by molar-refractivity contribution is 0.181. The van der Waals surface area contributed by atoms with Gasteiger partial charge in [0.25, 0.3) is 0 Å². The molecule has 198 valence electrons. The molecule has 0 spiro atoms. The molecule has 0 saturated heterocycles. The molecule has 0 saturated carbocycles. The lowest BCUT2D eigenvalue weighted by atomic mass is 9.76. The van der Waals surface area contributed by atoms with Gasteiger partial charge in [0.15, 0.2) is 0 Å². The van der Waals surface area contributed by atoms with E-state index in [-0.39, 0.29) is 6.61 Å². The van der Waals surface area contributed by atoms with Crippen LogP contribution in [0.2, 0.25) is 0 Å². The Morgan fingerprint density at radius 3 is 1.69 bits per heavy atom. The maximum absolute atomic E-state index is 10.3. The number of methoxy groups -OCH3 is 3. The molecule has 6 heteroatoms. The highest BCUT2D eigenvalue weighted by molar-refractivity contribution is 5.76. The van der Waals surface area contributed by atoms with Crippen LogP contribution >= 0.6 is 0 Å². The molecule has 39 heavy (non-hydrogen) atoms. The van der Waals surface area contributed by atoms with Crippen LogP contribution in [0.1, 0.15) is 27.9 Å². The predicted octanol–water partition coefficient (Wildman–Crippen LogP) is 6.05. The molecule has 1 aromatic heterocycles. The maximum atomic E-state index is 10.3. The Kier molecular flexibility index (Phi) is 7.77. The first-order chi connectivity index (χ1) is 19.2. The summed E-state index contributed by atoms with van der Waals surface area (Å²) in [7, 11) is 4.92. The van der Waals surface area contributed by atoms with E-state index in [2.05, 4.69) is 41.0 Å². The molecule has 0 unspecified atom stereocenters. The number of rotatable bonds is 10. The highest BCUT2D eigenvalue weighted by Crippen LogP contribution is 2.47. The van der Waals surface area contributed by atoms with E-state index in [0.717, 1.165) is 22.3 Å². The molecular weight excluding hydrogens is 488 g/mol. The van der Waals surface area contributed by atoms with Gasteiger partial charge in [0.2, 0.25) is 0 Å². The van der Waals surface area contributed by atoms with Gasteiger partial charge in [0.1, 0.15) is 28.4 Å². The van der Waals surface area contributed by atoms with Gasteiger partial charge in [0, 0.05) is 18.9 Å². The summed E-state index contributed by atoms with van der Waals surface area (Å²) < 4.78 is 19.5. The number of ether oxygens (including phenoxy) is 3. The van der Waals surface area contributed by atoms with Gasteiger partial charge < -0.3 is 23.9 Å². The molecule has 0 aliphatic heterocycles. The molecular formula is C33H32N2O4. The van der Waals surface area contributed by atoms with Gasteiger partial charge in [0.05, 0.1) is 33.1 Å². The second-order valence-electron chi connectivity index (χ2n) is 9.16. The molecule has 5 aromatic rings. The summed E-state index contributed by atoms with van der Waals surface area (Å²) in [6.07, 6.45) is 1.92. The van der Waals surface area contributed by atoms with E-state index in [0.29, 0.717) is 35.2 Å². The predicted molar refractivity (Wildman–Crippen MR) is 152 cm³/mol. The minimum Gasteiger partial charge on any atom is -0.496 e. The van der Waals surface area contributed by atoms with Crippen molar-refractivity contribution in [2.45, 2.75) is 18.8 Å². The van der Waals surface area contributed by atoms with Gasteiger partial charge >= 0.3 is 0 Å². The number of hydrogen-bond acceptors (Lipinski definition) is 5. The Morgan fingerprint density at radius 2 is 1.26 bits per heavy atom. The third kappa shape index (κ3) is 4.58. The molecule has 0 aliphatic rings. The minimum absolute atomic E-state index is 0.225. The lowest BCUT2D eigenvalue weighted by Crippen LogP contribution is -2.38. The Labute approximate surface area is 229 Å². The van der Waals surface area contributed by atoms with E-state index < -0.39 is 5.54 Å². The van der Waals surface area contributed by atoms with E-state index in [9.17, 15) is 5.11 Å². The summed E-state index contributed by atoms with van der Waals surface area (Å²) in [5.74, 6) is 1.81. The number of aliphatic hydroxyl groups is 1. The van der Waals surface area contributed by atoms with E-state index in [1.165, 1.54) is 0 Å². The van der Waals surface area contributed by atoms with Crippen LogP contribution in [0.4, 0.5) is 0 Å². The third-order valence-electron chi connectivity index (χ3n) is 7.00. The van der Waals surface area contributed by atoms with Crippen LogP contribution in [0, 0.1) is 0 Å².